The van der Waals surface area contributed by atoms with E-state index in [1.54, 1.807) is 0 Å². The lowest BCUT2D eigenvalue weighted by atomic mass is 9.98. The Morgan fingerprint density at radius 2 is 2.04 bits per heavy atom. The van der Waals surface area contributed by atoms with E-state index >= 15 is 0 Å². The number of anilines is 1. The van der Waals surface area contributed by atoms with Gasteiger partial charge in [-0.1, -0.05) is 24.6 Å². The summed E-state index contributed by atoms with van der Waals surface area (Å²) in [6.07, 6.45) is -5.42. The Balaban J connectivity index is 2.08. The van der Waals surface area contributed by atoms with Gasteiger partial charge in [0.05, 0.1) is 0 Å². The number of alkyl halides is 3. The molecule has 0 bridgehead atoms. The van der Waals surface area contributed by atoms with Gasteiger partial charge in [0, 0.05) is 30.1 Å². The fourth-order valence-electron chi connectivity index (χ4n) is 2.65. The second kappa shape index (κ2) is 7.65. The van der Waals surface area contributed by atoms with E-state index in [4.69, 9.17) is 0 Å². The number of para-hydroxylation sites is 1. The summed E-state index contributed by atoms with van der Waals surface area (Å²) >= 11 is 0. The molecule has 24 heavy (non-hydrogen) atoms. The summed E-state index contributed by atoms with van der Waals surface area (Å²) in [5, 5.41) is 14.5. The molecule has 5 nitrogen and oxygen atoms in total. The van der Waals surface area contributed by atoms with Crippen LogP contribution in [0.1, 0.15) is 37.4 Å². The minimum absolute atomic E-state index is 0.109. The average molecular weight is 344 g/mol. The van der Waals surface area contributed by atoms with Gasteiger partial charge in [0.15, 0.2) is 6.10 Å². The number of carbonyl (C=O) groups excluding carboxylic acids is 2. The largest absolute Gasteiger partial charge is 0.418 e. The third kappa shape index (κ3) is 4.70. The summed E-state index contributed by atoms with van der Waals surface area (Å²) in [5.41, 5.74) is -0.537. The lowest BCUT2D eigenvalue weighted by molar-refractivity contribution is -0.206. The summed E-state index contributed by atoms with van der Waals surface area (Å²) in [6.45, 7) is 0.567. The number of rotatable bonds is 4. The van der Waals surface area contributed by atoms with Crippen molar-refractivity contribution in [1.29, 1.82) is 0 Å². The first-order valence-corrected chi connectivity index (χ1v) is 7.70. The van der Waals surface area contributed by atoms with Gasteiger partial charge in [-0.2, -0.15) is 13.2 Å². The Hall–Kier alpha value is -2.09. The van der Waals surface area contributed by atoms with Gasteiger partial charge in [-0.25, -0.2) is 0 Å². The van der Waals surface area contributed by atoms with Gasteiger partial charge in [0.2, 0.25) is 11.8 Å². The Labute approximate surface area is 137 Å². The number of aliphatic hydroxyl groups is 1. The molecule has 2 atom stereocenters. The number of hydrogen-bond acceptors (Lipinski definition) is 3. The van der Waals surface area contributed by atoms with Crippen LogP contribution in [0.15, 0.2) is 24.3 Å². The van der Waals surface area contributed by atoms with E-state index in [1.165, 1.54) is 18.2 Å². The molecule has 1 aliphatic rings. The molecule has 0 radical (unpaired) electrons. The maximum atomic E-state index is 12.7. The number of halogens is 3. The highest BCUT2D eigenvalue weighted by Crippen LogP contribution is 2.36. The Bertz CT molecular complexity index is 604. The first kappa shape index (κ1) is 18.3. The minimum Gasteiger partial charge on any atom is -0.379 e. The smallest absolute Gasteiger partial charge is 0.379 e. The van der Waals surface area contributed by atoms with Crippen molar-refractivity contribution in [1.82, 2.24) is 5.32 Å². The zero-order valence-electron chi connectivity index (χ0n) is 12.9. The van der Waals surface area contributed by atoms with Crippen molar-refractivity contribution in [3.63, 3.8) is 0 Å². The standard InChI is InChI=1S/C16H19F3N2O3/c17-16(18,19)14(23)11-6-1-2-7-12(11)21-13(22)9-10-5-3-4-8-20-15(10)24/h1-2,6-7,10,14,23H,3-5,8-9H2,(H,20,24)(H,21,22)/t10-,14-/m1/s1. The summed E-state index contributed by atoms with van der Waals surface area (Å²) < 4.78 is 38.1. The summed E-state index contributed by atoms with van der Waals surface area (Å²) in [6, 6.07) is 5.20. The van der Waals surface area contributed by atoms with E-state index in [9.17, 15) is 27.9 Å². The highest BCUT2D eigenvalue weighted by atomic mass is 19.4. The van der Waals surface area contributed by atoms with E-state index in [2.05, 4.69) is 10.6 Å². The molecule has 132 valence electrons. The van der Waals surface area contributed by atoms with Gasteiger partial charge in [0.25, 0.3) is 0 Å². The summed E-state index contributed by atoms with van der Waals surface area (Å²) in [4.78, 5) is 23.9. The third-order valence-corrected chi connectivity index (χ3v) is 3.92. The first-order valence-electron chi connectivity index (χ1n) is 7.70. The van der Waals surface area contributed by atoms with Crippen LogP contribution in [0, 0.1) is 5.92 Å². The highest BCUT2D eigenvalue weighted by Gasteiger charge is 2.40. The molecule has 0 aromatic heterocycles. The van der Waals surface area contributed by atoms with Crippen LogP contribution in [0.5, 0.6) is 0 Å². The second-order valence-electron chi connectivity index (χ2n) is 5.77. The quantitative estimate of drug-likeness (QED) is 0.785. The predicted molar refractivity (Wildman–Crippen MR) is 81.1 cm³/mol. The van der Waals surface area contributed by atoms with Gasteiger partial charge in [-0.05, 0) is 18.9 Å². The number of nitrogens with one attached hydrogen (secondary N) is 2. The van der Waals surface area contributed by atoms with Crippen LogP contribution >= 0.6 is 0 Å². The van der Waals surface area contributed by atoms with Crippen molar-refractivity contribution in [2.75, 3.05) is 11.9 Å². The number of amides is 2. The average Bonchev–Trinajstić information content (AvgIpc) is 2.71. The molecule has 3 N–H and O–H groups in total. The fraction of sp³-hybridized carbons (Fsp3) is 0.500. The van der Waals surface area contributed by atoms with E-state index in [-0.39, 0.29) is 18.0 Å². The Kier molecular flexibility index (Phi) is 5.82. The lowest BCUT2D eigenvalue weighted by Crippen LogP contribution is -2.31. The van der Waals surface area contributed by atoms with Gasteiger partial charge in [-0.15, -0.1) is 0 Å². The number of benzene rings is 1. The molecule has 0 unspecified atom stereocenters. The van der Waals surface area contributed by atoms with Gasteiger partial charge >= 0.3 is 6.18 Å². The summed E-state index contributed by atoms with van der Waals surface area (Å²) in [5.74, 6) is -1.27. The number of aliphatic hydroxyl groups excluding tert-OH is 1. The number of hydrogen-bond donors (Lipinski definition) is 3. The fourth-order valence-corrected chi connectivity index (χ4v) is 2.65. The maximum Gasteiger partial charge on any atom is 0.418 e. The van der Waals surface area contributed by atoms with Crippen LogP contribution in [-0.4, -0.2) is 29.6 Å². The molecule has 8 heteroatoms. The summed E-state index contributed by atoms with van der Waals surface area (Å²) in [7, 11) is 0. The van der Waals surface area contributed by atoms with Gasteiger partial charge in [-0.3, -0.25) is 9.59 Å². The zero-order chi connectivity index (χ0) is 17.7. The van der Waals surface area contributed by atoms with E-state index < -0.39 is 29.7 Å². The van der Waals surface area contributed by atoms with Crippen LogP contribution < -0.4 is 10.6 Å². The SMILES string of the molecule is O=C(C[C@H]1CCCCNC1=O)Nc1ccccc1[C@@H](O)C(F)(F)F. The molecule has 0 spiro atoms. The van der Waals surface area contributed by atoms with Gasteiger partial charge < -0.3 is 15.7 Å². The van der Waals surface area contributed by atoms with Crippen LogP contribution in [0.3, 0.4) is 0 Å². The molecule has 1 aromatic rings. The van der Waals surface area contributed by atoms with Crippen LogP contribution in [-0.2, 0) is 9.59 Å². The molecule has 1 aliphatic heterocycles. The molecule has 0 saturated carbocycles. The normalized spacial score (nSPS) is 20.0. The Morgan fingerprint density at radius 3 is 2.75 bits per heavy atom. The third-order valence-electron chi connectivity index (χ3n) is 3.92. The monoisotopic (exact) mass is 344 g/mol. The topological polar surface area (TPSA) is 78.4 Å². The maximum absolute atomic E-state index is 12.7. The van der Waals surface area contributed by atoms with Gasteiger partial charge in [0.1, 0.15) is 0 Å². The van der Waals surface area contributed by atoms with E-state index in [0.29, 0.717) is 13.0 Å². The van der Waals surface area contributed by atoms with Crippen molar-refractivity contribution in [3.8, 4) is 0 Å². The van der Waals surface area contributed by atoms with E-state index in [0.717, 1.165) is 18.9 Å². The molecule has 0 aliphatic carbocycles. The molecule has 2 amide bonds. The minimum atomic E-state index is -4.83. The van der Waals surface area contributed by atoms with Crippen molar-refractivity contribution < 1.29 is 27.9 Å². The number of carbonyl (C=O) groups is 2. The second-order valence-corrected chi connectivity index (χ2v) is 5.77. The zero-order valence-corrected chi connectivity index (χ0v) is 12.9. The lowest BCUT2D eigenvalue weighted by Gasteiger charge is -2.19. The highest BCUT2D eigenvalue weighted by molar-refractivity contribution is 5.94. The van der Waals surface area contributed by atoms with Crippen LogP contribution in [0.2, 0.25) is 0 Å². The molecule has 1 aromatic carbocycles. The Morgan fingerprint density at radius 1 is 1.33 bits per heavy atom. The molecule has 1 saturated heterocycles. The molecular weight excluding hydrogens is 325 g/mol. The predicted octanol–water partition coefficient (Wildman–Crippen LogP) is 2.53. The van der Waals surface area contributed by atoms with Crippen LogP contribution in [0.25, 0.3) is 0 Å². The van der Waals surface area contributed by atoms with Crippen molar-refractivity contribution in [2.45, 2.75) is 38.0 Å². The van der Waals surface area contributed by atoms with Crippen LogP contribution in [0.4, 0.5) is 18.9 Å². The van der Waals surface area contributed by atoms with Crippen molar-refractivity contribution >= 4 is 17.5 Å². The first-order chi connectivity index (χ1) is 11.3. The van der Waals surface area contributed by atoms with Crippen molar-refractivity contribution in [3.05, 3.63) is 29.8 Å². The molecule has 1 heterocycles. The molecular formula is C16H19F3N2O3. The molecule has 2 rings (SSSR count). The van der Waals surface area contributed by atoms with E-state index in [1.807, 2.05) is 0 Å². The van der Waals surface area contributed by atoms with Crippen molar-refractivity contribution in [2.24, 2.45) is 5.92 Å². The molecule has 1 fully saturated rings.